The summed E-state index contributed by atoms with van der Waals surface area (Å²) in [6.45, 7) is 5.09. The fourth-order valence-electron chi connectivity index (χ4n) is 2.87. The summed E-state index contributed by atoms with van der Waals surface area (Å²) < 4.78 is 45.5. The summed E-state index contributed by atoms with van der Waals surface area (Å²) in [5, 5.41) is 0.00359. The van der Waals surface area contributed by atoms with E-state index in [1.54, 1.807) is 12.1 Å². The molecule has 1 heterocycles. The third kappa shape index (κ3) is 2.08. The molecule has 0 bridgehead atoms. The van der Waals surface area contributed by atoms with Crippen molar-refractivity contribution in [3.63, 3.8) is 0 Å². The van der Waals surface area contributed by atoms with Crippen molar-refractivity contribution >= 4 is 22.6 Å². The van der Waals surface area contributed by atoms with Crippen LogP contribution in [0.4, 0.5) is 13.2 Å². The smallest absolute Gasteiger partial charge is 0.416 e. The third-order valence-electron chi connectivity index (χ3n) is 3.93. The van der Waals surface area contributed by atoms with Gasteiger partial charge in [-0.2, -0.15) is 13.2 Å². The molecule has 0 spiro atoms. The largest absolute Gasteiger partial charge is 0.456 e. The van der Waals surface area contributed by atoms with Crippen molar-refractivity contribution in [3.05, 3.63) is 57.5 Å². The Hall–Kier alpha value is -2.30. The van der Waals surface area contributed by atoms with Crippen LogP contribution in [0.15, 0.2) is 34.0 Å². The highest BCUT2D eigenvalue weighted by molar-refractivity contribution is 5.94. The van der Waals surface area contributed by atoms with Crippen LogP contribution in [0.25, 0.3) is 22.6 Å². The van der Waals surface area contributed by atoms with Crippen LogP contribution in [0.2, 0.25) is 0 Å². The van der Waals surface area contributed by atoms with E-state index in [4.69, 9.17) is 4.42 Å². The van der Waals surface area contributed by atoms with Gasteiger partial charge in [0.25, 0.3) is 0 Å². The molecule has 0 fully saturated rings. The Bertz CT molecular complexity index is 870. The van der Waals surface area contributed by atoms with Gasteiger partial charge in [0, 0.05) is 11.1 Å². The van der Waals surface area contributed by atoms with E-state index in [1.165, 1.54) is 13.0 Å². The van der Waals surface area contributed by atoms with E-state index in [-0.39, 0.29) is 27.9 Å². The minimum absolute atomic E-state index is 0.00359. The first-order valence-corrected chi connectivity index (χ1v) is 6.84. The highest BCUT2D eigenvalue weighted by atomic mass is 19.4. The van der Waals surface area contributed by atoms with Crippen LogP contribution < -0.4 is 5.43 Å². The predicted octanol–water partition coefficient (Wildman–Crippen LogP) is 4.64. The predicted molar refractivity (Wildman–Crippen MR) is 79.7 cm³/mol. The van der Waals surface area contributed by atoms with Crippen LogP contribution in [0, 0.1) is 6.92 Å². The lowest BCUT2D eigenvalue weighted by molar-refractivity contribution is -0.0691. The van der Waals surface area contributed by atoms with Crippen molar-refractivity contribution in [2.45, 2.75) is 25.9 Å². The molecule has 114 valence electrons. The number of hydrogen-bond acceptors (Lipinski definition) is 2. The second kappa shape index (κ2) is 4.87. The summed E-state index contributed by atoms with van der Waals surface area (Å²) in [5.41, 5.74) is -0.282. The van der Waals surface area contributed by atoms with Gasteiger partial charge in [-0.05, 0) is 37.5 Å². The van der Waals surface area contributed by atoms with Crippen molar-refractivity contribution in [1.82, 2.24) is 0 Å². The Balaban J connectivity index is 2.47. The Morgan fingerprint density at radius 2 is 2.05 bits per heavy atom. The summed E-state index contributed by atoms with van der Waals surface area (Å²) in [5.74, 6) is 0.283. The molecule has 0 saturated carbocycles. The molecule has 0 unspecified atom stereocenters. The monoisotopic (exact) mass is 306 g/mol. The molecule has 0 aliphatic heterocycles. The van der Waals surface area contributed by atoms with Gasteiger partial charge in [-0.3, -0.25) is 4.79 Å². The van der Waals surface area contributed by atoms with E-state index in [2.05, 4.69) is 6.58 Å². The molecule has 0 atom stereocenters. The van der Waals surface area contributed by atoms with E-state index in [0.717, 1.165) is 6.08 Å². The maximum atomic E-state index is 13.3. The number of allylic oxidation sites excluding steroid dienone is 2. The van der Waals surface area contributed by atoms with Gasteiger partial charge in [0.15, 0.2) is 5.43 Å². The molecule has 1 aromatic heterocycles. The fraction of sp³-hybridized carbons (Fsp3) is 0.235. The zero-order valence-electron chi connectivity index (χ0n) is 11.9. The summed E-state index contributed by atoms with van der Waals surface area (Å²) in [6.07, 6.45) is -1.18. The Labute approximate surface area is 124 Å². The lowest BCUT2D eigenvalue weighted by atomic mass is 9.87. The minimum Gasteiger partial charge on any atom is -0.456 e. The van der Waals surface area contributed by atoms with Crippen molar-refractivity contribution in [2.75, 3.05) is 0 Å². The zero-order chi connectivity index (χ0) is 16.1. The Kier molecular flexibility index (Phi) is 3.24. The van der Waals surface area contributed by atoms with Crippen molar-refractivity contribution in [1.29, 1.82) is 0 Å². The number of benzene rings is 1. The van der Waals surface area contributed by atoms with Gasteiger partial charge in [0.2, 0.25) is 0 Å². The first-order valence-electron chi connectivity index (χ1n) is 6.84. The lowest BCUT2D eigenvalue weighted by Gasteiger charge is -2.21. The topological polar surface area (TPSA) is 30.2 Å². The maximum Gasteiger partial charge on any atom is 0.416 e. The van der Waals surface area contributed by atoms with E-state index in [0.29, 0.717) is 18.4 Å². The molecule has 1 aliphatic carbocycles. The number of halogens is 3. The van der Waals surface area contributed by atoms with E-state index >= 15 is 0 Å². The number of alkyl halides is 3. The molecule has 0 N–H and O–H groups in total. The van der Waals surface area contributed by atoms with Gasteiger partial charge in [0.05, 0.1) is 11.0 Å². The van der Waals surface area contributed by atoms with Crippen molar-refractivity contribution in [2.24, 2.45) is 0 Å². The highest BCUT2D eigenvalue weighted by Crippen LogP contribution is 2.41. The molecule has 2 nitrogen and oxygen atoms in total. The van der Waals surface area contributed by atoms with Crippen LogP contribution in [0.1, 0.15) is 28.9 Å². The molecule has 0 amide bonds. The molecular weight excluding hydrogens is 293 g/mol. The second-order valence-electron chi connectivity index (χ2n) is 5.25. The number of fused-ring (bicyclic) bond motifs is 3. The Morgan fingerprint density at radius 3 is 2.68 bits per heavy atom. The average molecular weight is 306 g/mol. The van der Waals surface area contributed by atoms with Crippen LogP contribution in [-0.4, -0.2) is 6.18 Å². The summed E-state index contributed by atoms with van der Waals surface area (Å²) in [7, 11) is 0. The van der Waals surface area contributed by atoms with E-state index < -0.39 is 17.2 Å². The second-order valence-corrected chi connectivity index (χ2v) is 5.25. The van der Waals surface area contributed by atoms with Gasteiger partial charge in [-0.15, -0.1) is 0 Å². The molecule has 1 aromatic carbocycles. The number of aryl methyl sites for hydroxylation is 1. The fourth-order valence-corrected chi connectivity index (χ4v) is 2.87. The van der Waals surface area contributed by atoms with Crippen LogP contribution in [-0.2, 0) is 6.42 Å². The Morgan fingerprint density at radius 1 is 1.32 bits per heavy atom. The van der Waals surface area contributed by atoms with Gasteiger partial charge in [-0.1, -0.05) is 18.7 Å². The normalized spacial score (nSPS) is 14.6. The van der Waals surface area contributed by atoms with Gasteiger partial charge in [-0.25, -0.2) is 0 Å². The summed E-state index contributed by atoms with van der Waals surface area (Å²) in [6, 6.07) is 3.16. The van der Waals surface area contributed by atoms with Crippen LogP contribution >= 0.6 is 0 Å². The van der Waals surface area contributed by atoms with Crippen LogP contribution in [0.5, 0.6) is 0 Å². The molecular formula is C17H13F3O2. The minimum atomic E-state index is -4.50. The van der Waals surface area contributed by atoms with Crippen molar-refractivity contribution < 1.29 is 17.6 Å². The molecule has 1 aliphatic rings. The molecule has 2 aromatic rings. The van der Waals surface area contributed by atoms with Gasteiger partial charge >= 0.3 is 6.18 Å². The molecule has 0 saturated heterocycles. The maximum absolute atomic E-state index is 13.3. The average Bonchev–Trinajstić information content (AvgIpc) is 2.48. The lowest BCUT2D eigenvalue weighted by Crippen LogP contribution is -2.19. The quantitative estimate of drug-likeness (QED) is 0.768. The molecule has 5 heteroatoms. The number of rotatable bonds is 1. The standard InChI is InChI=1S/C17H13F3O2/c1-3-12-9(2)16(21)15-13(22-12)8-7-10-5-4-6-11(14(10)15)17(18,19)20/h3,6-8H,1,4-5H2,2H3. The SMILES string of the molecule is C=Cc1oc2ccc3c(c2c(=O)c1C)C(C(F)(F)F)=CCC3. The zero-order valence-corrected chi connectivity index (χ0v) is 11.9. The van der Waals surface area contributed by atoms with Gasteiger partial charge in [0.1, 0.15) is 11.3 Å². The number of hydrogen-bond donors (Lipinski definition) is 0. The first kappa shape index (κ1) is 14.6. The highest BCUT2D eigenvalue weighted by Gasteiger charge is 2.38. The van der Waals surface area contributed by atoms with E-state index in [1.807, 2.05) is 0 Å². The van der Waals surface area contributed by atoms with Crippen molar-refractivity contribution in [3.8, 4) is 0 Å². The summed E-state index contributed by atoms with van der Waals surface area (Å²) in [4.78, 5) is 12.6. The van der Waals surface area contributed by atoms with E-state index in [9.17, 15) is 18.0 Å². The summed E-state index contributed by atoms with van der Waals surface area (Å²) >= 11 is 0. The molecule has 3 rings (SSSR count). The molecule has 22 heavy (non-hydrogen) atoms. The third-order valence-corrected chi connectivity index (χ3v) is 3.93. The first-order chi connectivity index (χ1) is 10.3. The molecule has 0 radical (unpaired) electrons. The van der Waals surface area contributed by atoms with Crippen LogP contribution in [0.3, 0.4) is 0 Å². The van der Waals surface area contributed by atoms with Gasteiger partial charge < -0.3 is 4.42 Å².